The second-order valence-corrected chi connectivity index (χ2v) is 8.91. The largest absolute Gasteiger partial charge is 0.460 e. The number of sulfonamides is 1. The van der Waals surface area contributed by atoms with Crippen molar-refractivity contribution >= 4 is 16.0 Å². The first kappa shape index (κ1) is 21.2. The highest BCUT2D eigenvalue weighted by Crippen LogP contribution is 2.21. The number of carbonyl (C=O) groups excluding carboxylic acids is 1. The van der Waals surface area contributed by atoms with Crippen LogP contribution in [-0.2, 0) is 26.0 Å². The summed E-state index contributed by atoms with van der Waals surface area (Å²) in [7, 11) is -3.66. The van der Waals surface area contributed by atoms with E-state index in [-0.39, 0.29) is 54.5 Å². The van der Waals surface area contributed by atoms with Gasteiger partial charge in [0.15, 0.2) is 0 Å². The normalized spacial score (nSPS) is 20.3. The number of hydrogen-bond donors (Lipinski definition) is 0. The summed E-state index contributed by atoms with van der Waals surface area (Å²) in [6.45, 7) is 4.52. The molecule has 2 atom stereocenters. The van der Waals surface area contributed by atoms with E-state index in [4.69, 9.17) is 9.47 Å². The van der Waals surface area contributed by atoms with Crippen molar-refractivity contribution in [2.24, 2.45) is 0 Å². The predicted octanol–water partition coefficient (Wildman–Crippen LogP) is 1.50. The van der Waals surface area contributed by atoms with E-state index >= 15 is 0 Å². The van der Waals surface area contributed by atoms with Gasteiger partial charge in [-0.2, -0.15) is 4.31 Å². The Morgan fingerprint density at radius 1 is 1.10 bits per heavy atom. The lowest BCUT2D eigenvalue weighted by molar-refractivity contribution is -0.0440. The van der Waals surface area contributed by atoms with Crippen LogP contribution >= 0.6 is 0 Å². The summed E-state index contributed by atoms with van der Waals surface area (Å²) < 4.78 is 39.3. The number of rotatable bonds is 6. The van der Waals surface area contributed by atoms with Crippen molar-refractivity contribution in [2.75, 3.05) is 19.7 Å². The molecule has 0 spiro atoms. The van der Waals surface area contributed by atoms with Gasteiger partial charge in [-0.25, -0.2) is 13.2 Å². The molecule has 0 N–H and O–H groups in total. The van der Waals surface area contributed by atoms with Crippen LogP contribution in [0.3, 0.4) is 0 Å². The molecule has 0 radical (unpaired) electrons. The Hall–Kier alpha value is -2.49. The molecule has 1 aromatic carbocycles. The number of morpholine rings is 1. The maximum absolute atomic E-state index is 12.8. The van der Waals surface area contributed by atoms with Crippen LogP contribution < -0.4 is 5.56 Å². The Balaban J connectivity index is 1.62. The van der Waals surface area contributed by atoms with Gasteiger partial charge in [0.2, 0.25) is 10.0 Å². The van der Waals surface area contributed by atoms with Gasteiger partial charge in [0.1, 0.15) is 6.61 Å². The molecule has 0 aliphatic carbocycles. The average molecular weight is 420 g/mol. The standard InChI is InChI=1S/C20H24N2O6S/c1-15-13-22(14-16(2)28-15)29(25,26)18-8-6-17(7-9-18)20(24)27-12-11-21-10-4-3-5-19(21)23/h3-10,15-16H,11-14H2,1-2H3/t15-,16-/m1/s1. The summed E-state index contributed by atoms with van der Waals surface area (Å²) in [5.74, 6) is -0.577. The Morgan fingerprint density at radius 2 is 1.76 bits per heavy atom. The first-order valence-corrected chi connectivity index (χ1v) is 10.8. The SMILES string of the molecule is C[C@@H]1CN(S(=O)(=O)c2ccc(C(=O)OCCn3ccccc3=O)cc2)C[C@@H](C)O1. The Labute approximate surface area is 169 Å². The topological polar surface area (TPSA) is 94.9 Å². The summed E-state index contributed by atoms with van der Waals surface area (Å²) >= 11 is 0. The van der Waals surface area contributed by atoms with E-state index in [0.717, 1.165) is 0 Å². The number of carbonyl (C=O) groups is 1. The van der Waals surface area contributed by atoms with E-state index in [0.29, 0.717) is 0 Å². The van der Waals surface area contributed by atoms with Crippen molar-refractivity contribution < 1.29 is 22.7 Å². The van der Waals surface area contributed by atoms with Gasteiger partial charge >= 0.3 is 5.97 Å². The fourth-order valence-corrected chi connectivity index (χ4v) is 4.79. The molecule has 9 heteroatoms. The fraction of sp³-hybridized carbons (Fsp3) is 0.400. The van der Waals surface area contributed by atoms with E-state index in [9.17, 15) is 18.0 Å². The van der Waals surface area contributed by atoms with Gasteiger partial charge in [-0.3, -0.25) is 4.79 Å². The minimum absolute atomic E-state index is 0.0341. The van der Waals surface area contributed by atoms with Crippen molar-refractivity contribution in [3.05, 3.63) is 64.6 Å². The van der Waals surface area contributed by atoms with Crippen molar-refractivity contribution in [1.82, 2.24) is 8.87 Å². The van der Waals surface area contributed by atoms with Gasteiger partial charge in [-0.15, -0.1) is 0 Å². The van der Waals surface area contributed by atoms with Gasteiger partial charge in [0, 0.05) is 25.4 Å². The van der Waals surface area contributed by atoms with Crippen molar-refractivity contribution in [2.45, 2.75) is 37.5 Å². The highest BCUT2D eigenvalue weighted by atomic mass is 32.2. The van der Waals surface area contributed by atoms with Crippen LogP contribution in [-0.4, -0.2) is 55.2 Å². The van der Waals surface area contributed by atoms with Gasteiger partial charge in [0.05, 0.1) is 29.2 Å². The zero-order valence-corrected chi connectivity index (χ0v) is 17.2. The number of aromatic nitrogens is 1. The van der Waals surface area contributed by atoms with Gasteiger partial charge in [-0.05, 0) is 44.2 Å². The molecule has 1 saturated heterocycles. The number of nitrogens with zero attached hydrogens (tertiary/aromatic N) is 2. The van der Waals surface area contributed by atoms with E-state index in [1.54, 1.807) is 18.3 Å². The van der Waals surface area contributed by atoms with E-state index in [2.05, 4.69) is 0 Å². The third-order valence-electron chi connectivity index (χ3n) is 4.58. The lowest BCUT2D eigenvalue weighted by atomic mass is 10.2. The zero-order chi connectivity index (χ0) is 21.0. The van der Waals surface area contributed by atoms with Crippen molar-refractivity contribution in [1.29, 1.82) is 0 Å². The smallest absolute Gasteiger partial charge is 0.338 e. The molecule has 3 rings (SSSR count). The third kappa shape index (κ3) is 5.11. The Bertz CT molecular complexity index is 1010. The Morgan fingerprint density at radius 3 is 2.38 bits per heavy atom. The summed E-state index contributed by atoms with van der Waals surface area (Å²) in [4.78, 5) is 23.9. The zero-order valence-electron chi connectivity index (χ0n) is 16.4. The van der Waals surface area contributed by atoms with Crippen LogP contribution in [0.5, 0.6) is 0 Å². The molecule has 1 aliphatic heterocycles. The quantitative estimate of drug-likeness (QED) is 0.658. The highest BCUT2D eigenvalue weighted by molar-refractivity contribution is 7.89. The first-order chi connectivity index (χ1) is 13.8. The second-order valence-electron chi connectivity index (χ2n) is 6.97. The van der Waals surface area contributed by atoms with Crippen molar-refractivity contribution in [3.63, 3.8) is 0 Å². The molecule has 1 aliphatic rings. The number of hydrogen-bond acceptors (Lipinski definition) is 6. The number of esters is 1. The van der Waals surface area contributed by atoms with Crippen LogP contribution in [0.25, 0.3) is 0 Å². The molecule has 1 aromatic heterocycles. The molecular weight excluding hydrogens is 396 g/mol. The molecule has 2 aromatic rings. The minimum Gasteiger partial charge on any atom is -0.460 e. The van der Waals surface area contributed by atoms with E-state index in [1.807, 2.05) is 13.8 Å². The van der Waals surface area contributed by atoms with Gasteiger partial charge in [-0.1, -0.05) is 6.07 Å². The number of ether oxygens (including phenoxy) is 2. The average Bonchev–Trinajstić information content (AvgIpc) is 2.68. The van der Waals surface area contributed by atoms with E-state index in [1.165, 1.54) is 39.2 Å². The maximum Gasteiger partial charge on any atom is 0.338 e. The molecule has 8 nitrogen and oxygen atoms in total. The molecule has 0 saturated carbocycles. The van der Waals surface area contributed by atoms with Crippen molar-refractivity contribution in [3.8, 4) is 0 Å². The van der Waals surface area contributed by atoms with E-state index < -0.39 is 16.0 Å². The number of benzene rings is 1. The Kier molecular flexibility index (Phi) is 6.51. The molecule has 0 bridgehead atoms. The lowest BCUT2D eigenvalue weighted by Crippen LogP contribution is -2.48. The first-order valence-electron chi connectivity index (χ1n) is 9.35. The number of pyridine rings is 1. The third-order valence-corrected chi connectivity index (χ3v) is 6.42. The van der Waals surface area contributed by atoms with Crippen LogP contribution in [0.15, 0.2) is 58.4 Å². The molecule has 0 unspecified atom stereocenters. The van der Waals surface area contributed by atoms with Crippen LogP contribution in [0.1, 0.15) is 24.2 Å². The monoisotopic (exact) mass is 420 g/mol. The fourth-order valence-electron chi connectivity index (χ4n) is 3.20. The molecule has 1 fully saturated rings. The molecule has 2 heterocycles. The summed E-state index contributed by atoms with van der Waals surface area (Å²) in [6.07, 6.45) is 1.25. The van der Waals surface area contributed by atoms with Crippen LogP contribution in [0.4, 0.5) is 0 Å². The predicted molar refractivity (Wildman–Crippen MR) is 106 cm³/mol. The molecule has 29 heavy (non-hydrogen) atoms. The molecule has 0 amide bonds. The van der Waals surface area contributed by atoms with Crippen LogP contribution in [0.2, 0.25) is 0 Å². The molecular formula is C20H24N2O6S. The minimum atomic E-state index is -3.66. The maximum atomic E-state index is 12.8. The second kappa shape index (κ2) is 8.89. The summed E-state index contributed by atoms with van der Waals surface area (Å²) in [6, 6.07) is 10.4. The summed E-state index contributed by atoms with van der Waals surface area (Å²) in [5.41, 5.74) is 0.0675. The summed E-state index contributed by atoms with van der Waals surface area (Å²) in [5, 5.41) is 0. The van der Waals surface area contributed by atoms with Gasteiger partial charge < -0.3 is 14.0 Å². The highest BCUT2D eigenvalue weighted by Gasteiger charge is 2.32. The van der Waals surface area contributed by atoms with Crippen LogP contribution in [0, 0.1) is 0 Å². The van der Waals surface area contributed by atoms with Gasteiger partial charge in [0.25, 0.3) is 5.56 Å². The molecule has 156 valence electrons. The lowest BCUT2D eigenvalue weighted by Gasteiger charge is -2.34.